The Morgan fingerprint density at radius 3 is 2.84 bits per heavy atom. The van der Waals surface area contributed by atoms with Gasteiger partial charge in [-0.1, -0.05) is 25.0 Å². The monoisotopic (exact) mass is 258 g/mol. The molecule has 0 saturated heterocycles. The Hall–Kier alpha value is -1.86. The van der Waals surface area contributed by atoms with Crippen LogP contribution in [0.1, 0.15) is 31.2 Å². The highest BCUT2D eigenvalue weighted by molar-refractivity contribution is 5.92. The van der Waals surface area contributed by atoms with Gasteiger partial charge >= 0.3 is 0 Å². The smallest absolute Gasteiger partial charge is 0.250 e. The van der Waals surface area contributed by atoms with E-state index in [0.29, 0.717) is 23.8 Å². The Labute approximate surface area is 113 Å². The summed E-state index contributed by atoms with van der Waals surface area (Å²) in [4.78, 5) is 11.7. The van der Waals surface area contributed by atoms with E-state index in [1.165, 1.54) is 25.7 Å². The Morgan fingerprint density at radius 1 is 1.37 bits per heavy atom. The minimum Gasteiger partial charge on any atom is -0.371 e. The molecule has 1 aliphatic carbocycles. The highest BCUT2D eigenvalue weighted by Crippen LogP contribution is 2.24. The molecule has 1 aliphatic rings. The van der Waals surface area contributed by atoms with Gasteiger partial charge in [-0.25, -0.2) is 0 Å². The van der Waals surface area contributed by atoms with Crippen molar-refractivity contribution in [2.24, 2.45) is 5.92 Å². The van der Waals surface area contributed by atoms with Crippen LogP contribution >= 0.6 is 0 Å². The first-order valence-electron chi connectivity index (χ1n) is 6.66. The highest BCUT2D eigenvalue weighted by atomic mass is 16.5. The molecule has 2 rings (SSSR count). The summed E-state index contributed by atoms with van der Waals surface area (Å²) in [6, 6.07) is 8.99. The second-order valence-electron chi connectivity index (χ2n) is 4.87. The predicted molar refractivity (Wildman–Crippen MR) is 72.6 cm³/mol. The van der Waals surface area contributed by atoms with Gasteiger partial charge in [-0.05, 0) is 30.9 Å². The van der Waals surface area contributed by atoms with Gasteiger partial charge in [0.1, 0.15) is 12.7 Å². The largest absolute Gasteiger partial charge is 0.371 e. The fourth-order valence-corrected chi connectivity index (χ4v) is 2.37. The Kier molecular flexibility index (Phi) is 4.93. The van der Waals surface area contributed by atoms with Crippen molar-refractivity contribution in [2.75, 3.05) is 18.5 Å². The van der Waals surface area contributed by atoms with E-state index in [1.807, 2.05) is 6.07 Å². The van der Waals surface area contributed by atoms with Crippen LogP contribution in [0.25, 0.3) is 0 Å². The molecule has 0 unspecified atom stereocenters. The fourth-order valence-electron chi connectivity index (χ4n) is 2.37. The van der Waals surface area contributed by atoms with Crippen molar-refractivity contribution in [2.45, 2.75) is 25.7 Å². The molecule has 1 aromatic carbocycles. The number of ether oxygens (including phenoxy) is 1. The number of carbonyl (C=O) groups is 1. The molecule has 19 heavy (non-hydrogen) atoms. The number of rotatable bonds is 5. The summed E-state index contributed by atoms with van der Waals surface area (Å²) in [5.41, 5.74) is 1.01. The summed E-state index contributed by atoms with van der Waals surface area (Å²) in [5, 5.41) is 11.6. The van der Waals surface area contributed by atoms with E-state index in [2.05, 4.69) is 5.32 Å². The van der Waals surface area contributed by atoms with Gasteiger partial charge in [0.15, 0.2) is 0 Å². The van der Waals surface area contributed by atoms with Crippen molar-refractivity contribution in [3.8, 4) is 6.07 Å². The van der Waals surface area contributed by atoms with E-state index in [4.69, 9.17) is 10.00 Å². The number of nitrogens with zero attached hydrogens (tertiary/aromatic N) is 1. The van der Waals surface area contributed by atoms with E-state index < -0.39 is 0 Å². The molecule has 0 radical (unpaired) electrons. The maximum Gasteiger partial charge on any atom is 0.250 e. The number of hydrogen-bond donors (Lipinski definition) is 1. The van der Waals surface area contributed by atoms with Crippen LogP contribution in [0.5, 0.6) is 0 Å². The summed E-state index contributed by atoms with van der Waals surface area (Å²) < 4.78 is 5.43. The van der Waals surface area contributed by atoms with Crippen LogP contribution in [-0.2, 0) is 9.53 Å². The summed E-state index contributed by atoms with van der Waals surface area (Å²) in [6.07, 6.45) is 4.96. The van der Waals surface area contributed by atoms with Gasteiger partial charge in [0, 0.05) is 0 Å². The average Bonchev–Trinajstić information content (AvgIpc) is 2.92. The molecule has 1 aromatic rings. The number of para-hydroxylation sites is 1. The lowest BCUT2D eigenvalue weighted by Gasteiger charge is -2.10. The highest BCUT2D eigenvalue weighted by Gasteiger charge is 2.15. The lowest BCUT2D eigenvalue weighted by atomic mass is 10.1. The van der Waals surface area contributed by atoms with E-state index in [9.17, 15) is 4.79 Å². The molecule has 0 heterocycles. The lowest BCUT2D eigenvalue weighted by Crippen LogP contribution is -2.20. The number of nitriles is 1. The van der Waals surface area contributed by atoms with Gasteiger partial charge in [0.25, 0.3) is 0 Å². The van der Waals surface area contributed by atoms with Gasteiger partial charge in [0.2, 0.25) is 5.91 Å². The number of hydrogen-bond acceptors (Lipinski definition) is 3. The van der Waals surface area contributed by atoms with Crippen LogP contribution in [0.4, 0.5) is 5.69 Å². The molecule has 4 heteroatoms. The predicted octanol–water partition coefficient (Wildman–Crippen LogP) is 2.70. The summed E-state index contributed by atoms with van der Waals surface area (Å²) in [6.45, 7) is 0.712. The molecule has 0 atom stereocenters. The second-order valence-corrected chi connectivity index (χ2v) is 4.87. The van der Waals surface area contributed by atoms with Gasteiger partial charge < -0.3 is 10.1 Å². The minimum absolute atomic E-state index is 0.0518. The molecule has 0 bridgehead atoms. The maximum atomic E-state index is 11.7. The van der Waals surface area contributed by atoms with Crippen molar-refractivity contribution in [1.29, 1.82) is 5.26 Å². The molecule has 0 aromatic heterocycles. The topological polar surface area (TPSA) is 62.1 Å². The summed E-state index contributed by atoms with van der Waals surface area (Å²) in [5.74, 6) is 0.403. The van der Waals surface area contributed by atoms with Crippen LogP contribution in [-0.4, -0.2) is 19.1 Å². The normalized spacial score (nSPS) is 15.1. The number of carbonyl (C=O) groups excluding carboxylic acids is 1. The molecule has 0 spiro atoms. The fraction of sp³-hybridized carbons (Fsp3) is 0.467. The quantitative estimate of drug-likeness (QED) is 0.883. The van der Waals surface area contributed by atoms with Crippen LogP contribution in [0, 0.1) is 17.2 Å². The third kappa shape index (κ3) is 4.08. The van der Waals surface area contributed by atoms with E-state index in [0.717, 1.165) is 0 Å². The third-order valence-electron chi connectivity index (χ3n) is 3.38. The van der Waals surface area contributed by atoms with E-state index in [-0.39, 0.29) is 12.5 Å². The number of amides is 1. The zero-order valence-corrected chi connectivity index (χ0v) is 10.9. The average molecular weight is 258 g/mol. The van der Waals surface area contributed by atoms with Gasteiger partial charge in [0.05, 0.1) is 17.9 Å². The molecule has 4 nitrogen and oxygen atoms in total. The molecule has 1 fully saturated rings. The zero-order chi connectivity index (χ0) is 13.5. The van der Waals surface area contributed by atoms with Crippen molar-refractivity contribution >= 4 is 11.6 Å². The molecule has 1 saturated carbocycles. The molecular formula is C15H18N2O2. The van der Waals surface area contributed by atoms with Crippen molar-refractivity contribution in [3.05, 3.63) is 29.8 Å². The van der Waals surface area contributed by atoms with Gasteiger partial charge in [-0.2, -0.15) is 5.26 Å². The van der Waals surface area contributed by atoms with Crippen LogP contribution < -0.4 is 5.32 Å². The maximum absolute atomic E-state index is 11.7. The van der Waals surface area contributed by atoms with Crippen LogP contribution in [0.15, 0.2) is 24.3 Å². The molecule has 100 valence electrons. The first-order valence-corrected chi connectivity index (χ1v) is 6.66. The van der Waals surface area contributed by atoms with Crippen molar-refractivity contribution in [3.63, 3.8) is 0 Å². The van der Waals surface area contributed by atoms with Crippen molar-refractivity contribution in [1.82, 2.24) is 0 Å². The van der Waals surface area contributed by atoms with Crippen molar-refractivity contribution < 1.29 is 9.53 Å². The van der Waals surface area contributed by atoms with Gasteiger partial charge in [-0.15, -0.1) is 0 Å². The molecule has 1 amide bonds. The number of benzene rings is 1. The van der Waals surface area contributed by atoms with E-state index >= 15 is 0 Å². The van der Waals surface area contributed by atoms with E-state index in [1.54, 1.807) is 24.3 Å². The number of anilines is 1. The third-order valence-corrected chi connectivity index (χ3v) is 3.38. The first-order chi connectivity index (χ1) is 9.29. The van der Waals surface area contributed by atoms with Crippen LogP contribution in [0.3, 0.4) is 0 Å². The summed E-state index contributed by atoms with van der Waals surface area (Å²) in [7, 11) is 0. The Bertz CT molecular complexity index is 473. The Morgan fingerprint density at radius 2 is 2.11 bits per heavy atom. The zero-order valence-electron chi connectivity index (χ0n) is 10.9. The van der Waals surface area contributed by atoms with Crippen LogP contribution in [0.2, 0.25) is 0 Å². The van der Waals surface area contributed by atoms with Gasteiger partial charge in [-0.3, -0.25) is 4.79 Å². The standard InChI is InChI=1S/C15H18N2O2/c16-9-13-7-3-4-8-14(13)17-15(18)11-19-10-12-5-1-2-6-12/h3-4,7-8,12H,1-2,5-6,10-11H2,(H,17,18). The molecular weight excluding hydrogens is 240 g/mol. The Balaban J connectivity index is 1.76. The molecule has 1 N–H and O–H groups in total. The SMILES string of the molecule is N#Cc1ccccc1NC(=O)COCC1CCCC1. The first kappa shape index (κ1) is 13.6. The molecule has 0 aliphatic heterocycles. The lowest BCUT2D eigenvalue weighted by molar-refractivity contribution is -0.121. The number of nitrogens with one attached hydrogen (secondary N) is 1. The second kappa shape index (κ2) is 6.91. The summed E-state index contributed by atoms with van der Waals surface area (Å²) >= 11 is 0. The minimum atomic E-state index is -0.208.